The lowest BCUT2D eigenvalue weighted by Crippen LogP contribution is -2.20. The van der Waals surface area contributed by atoms with E-state index in [2.05, 4.69) is 38.4 Å². The largest absolute Gasteiger partial charge is 0.493 e. The average Bonchev–Trinajstić information content (AvgIpc) is 2.68. The molecule has 2 rings (SSSR count). The predicted octanol–water partition coefficient (Wildman–Crippen LogP) is 4.22. The zero-order chi connectivity index (χ0) is 21.2. The van der Waals surface area contributed by atoms with E-state index in [4.69, 9.17) is 21.1 Å². The third-order valence-corrected chi connectivity index (χ3v) is 4.67. The lowest BCUT2D eigenvalue weighted by Gasteiger charge is -2.12. The molecule has 0 aliphatic rings. The van der Waals surface area contributed by atoms with E-state index in [9.17, 15) is 9.59 Å². The highest BCUT2D eigenvalue weighted by Crippen LogP contribution is 2.33. The number of methoxy groups -OCH3 is 1. The predicted molar refractivity (Wildman–Crippen MR) is 122 cm³/mol. The number of hydrazone groups is 1. The summed E-state index contributed by atoms with van der Waals surface area (Å²) >= 11 is 8.02. The zero-order valence-corrected chi connectivity index (χ0v) is 18.9. The minimum absolute atomic E-state index is 0.00781. The molecule has 2 N–H and O–H groups in total. The normalized spacial score (nSPS) is 10.6. The summed E-state index contributed by atoms with van der Waals surface area (Å²) in [5.41, 5.74) is 3.74. The lowest BCUT2D eigenvalue weighted by molar-refractivity contribution is -0.124. The number of nitrogens with zero attached hydrogens (tertiary/aromatic N) is 1. The van der Waals surface area contributed by atoms with E-state index in [1.807, 2.05) is 13.0 Å². The van der Waals surface area contributed by atoms with Crippen LogP contribution in [0, 0.1) is 3.57 Å². The molecule has 0 saturated heterocycles. The summed E-state index contributed by atoms with van der Waals surface area (Å²) in [4.78, 5) is 23.8. The monoisotopic (exact) mass is 529 g/mol. The molecule has 0 fully saturated rings. The number of nitrogens with one attached hydrogen (secondary N) is 2. The number of anilines is 1. The Hall–Kier alpha value is -2.33. The number of carbonyl (C=O) groups excluding carboxylic acids is 2. The maximum Gasteiger partial charge on any atom is 0.240 e. The van der Waals surface area contributed by atoms with Crippen LogP contribution in [0.15, 0.2) is 41.5 Å². The van der Waals surface area contributed by atoms with E-state index >= 15 is 0 Å². The van der Waals surface area contributed by atoms with Crippen molar-refractivity contribution in [3.8, 4) is 11.5 Å². The Kier molecular flexibility index (Phi) is 9.20. The molecule has 0 aliphatic carbocycles. The molecular weight excluding hydrogens is 509 g/mol. The number of hydrogen-bond acceptors (Lipinski definition) is 5. The van der Waals surface area contributed by atoms with Gasteiger partial charge in [-0.25, -0.2) is 5.43 Å². The van der Waals surface area contributed by atoms with Gasteiger partial charge in [0.15, 0.2) is 11.5 Å². The van der Waals surface area contributed by atoms with Gasteiger partial charge in [0, 0.05) is 23.6 Å². The van der Waals surface area contributed by atoms with Gasteiger partial charge in [-0.15, -0.1) is 0 Å². The number of rotatable bonds is 9. The summed E-state index contributed by atoms with van der Waals surface area (Å²) in [6, 6.07) is 10.4. The fourth-order valence-electron chi connectivity index (χ4n) is 2.35. The van der Waals surface area contributed by atoms with Crippen LogP contribution in [-0.4, -0.2) is 31.7 Å². The van der Waals surface area contributed by atoms with Crippen LogP contribution in [0.1, 0.15) is 25.3 Å². The van der Waals surface area contributed by atoms with Gasteiger partial charge in [0.1, 0.15) is 0 Å². The van der Waals surface area contributed by atoms with Crippen molar-refractivity contribution in [1.82, 2.24) is 5.43 Å². The Morgan fingerprint density at radius 3 is 2.66 bits per heavy atom. The number of hydrogen-bond donors (Lipinski definition) is 2. The highest BCUT2D eigenvalue weighted by molar-refractivity contribution is 14.1. The molecule has 0 heterocycles. The van der Waals surface area contributed by atoms with Gasteiger partial charge < -0.3 is 14.8 Å². The highest BCUT2D eigenvalue weighted by atomic mass is 127. The number of ether oxygens (including phenoxy) is 2. The summed E-state index contributed by atoms with van der Waals surface area (Å²) in [7, 11) is 1.56. The standard InChI is InChI=1S/C20H21ClIN3O4/c1-3-29-20-16(22)9-13(10-17(20)28-2)12-23-25-19(27)8-7-18(26)24-15-6-4-5-14(21)11-15/h4-6,9-12H,3,7-8H2,1-2H3,(H,24,26)(H,25,27). The van der Waals surface area contributed by atoms with Crippen molar-refractivity contribution in [2.45, 2.75) is 19.8 Å². The summed E-state index contributed by atoms with van der Waals surface area (Å²) in [6.45, 7) is 2.43. The molecule has 154 valence electrons. The Morgan fingerprint density at radius 1 is 1.21 bits per heavy atom. The molecule has 0 aromatic heterocycles. The molecule has 9 heteroatoms. The van der Waals surface area contributed by atoms with Crippen molar-refractivity contribution in [2.75, 3.05) is 19.0 Å². The number of carbonyl (C=O) groups is 2. The molecule has 0 radical (unpaired) electrons. The first kappa shape index (κ1) is 23.0. The number of benzene rings is 2. The molecule has 2 aromatic rings. The quantitative estimate of drug-likeness (QED) is 0.289. The summed E-state index contributed by atoms with van der Waals surface area (Å²) in [5, 5.41) is 7.14. The van der Waals surface area contributed by atoms with Crippen molar-refractivity contribution in [2.24, 2.45) is 5.10 Å². The summed E-state index contributed by atoms with van der Waals surface area (Å²) in [5.74, 6) is 0.610. The molecule has 2 amide bonds. The SMILES string of the molecule is CCOc1c(I)cc(C=NNC(=O)CCC(=O)Nc2cccc(Cl)c2)cc1OC. The first-order chi connectivity index (χ1) is 13.9. The fraction of sp³-hybridized carbons (Fsp3) is 0.250. The Morgan fingerprint density at radius 2 is 1.97 bits per heavy atom. The van der Waals surface area contributed by atoms with Gasteiger partial charge in [-0.1, -0.05) is 17.7 Å². The smallest absolute Gasteiger partial charge is 0.240 e. The minimum Gasteiger partial charge on any atom is -0.493 e. The van der Waals surface area contributed by atoms with E-state index in [1.54, 1.807) is 37.4 Å². The molecule has 0 spiro atoms. The molecule has 29 heavy (non-hydrogen) atoms. The Balaban J connectivity index is 1.84. The fourth-order valence-corrected chi connectivity index (χ4v) is 3.32. The number of halogens is 2. The lowest BCUT2D eigenvalue weighted by atomic mass is 10.2. The summed E-state index contributed by atoms with van der Waals surface area (Å²) < 4.78 is 11.8. The first-order valence-corrected chi connectivity index (χ1v) is 10.3. The molecule has 0 aliphatic heterocycles. The van der Waals surface area contributed by atoms with Gasteiger partial charge in [0.25, 0.3) is 0 Å². The topological polar surface area (TPSA) is 89.0 Å². The van der Waals surface area contributed by atoms with Gasteiger partial charge >= 0.3 is 0 Å². The van der Waals surface area contributed by atoms with Crippen LogP contribution >= 0.6 is 34.2 Å². The van der Waals surface area contributed by atoms with Crippen LogP contribution in [0.5, 0.6) is 11.5 Å². The first-order valence-electron chi connectivity index (χ1n) is 8.80. The molecule has 7 nitrogen and oxygen atoms in total. The van der Waals surface area contributed by atoms with Crippen LogP contribution in [0.4, 0.5) is 5.69 Å². The average molecular weight is 530 g/mol. The van der Waals surface area contributed by atoms with Crippen LogP contribution in [-0.2, 0) is 9.59 Å². The van der Waals surface area contributed by atoms with Gasteiger partial charge in [-0.2, -0.15) is 5.10 Å². The van der Waals surface area contributed by atoms with Crippen LogP contribution < -0.4 is 20.2 Å². The number of amides is 2. The third kappa shape index (κ3) is 7.54. The highest BCUT2D eigenvalue weighted by Gasteiger charge is 2.11. The van der Waals surface area contributed by atoms with Crippen LogP contribution in [0.25, 0.3) is 0 Å². The van der Waals surface area contributed by atoms with Crippen molar-refractivity contribution in [3.05, 3.63) is 50.6 Å². The zero-order valence-electron chi connectivity index (χ0n) is 16.0. The van der Waals surface area contributed by atoms with E-state index in [0.717, 1.165) is 9.13 Å². The maximum atomic E-state index is 11.9. The van der Waals surface area contributed by atoms with Crippen LogP contribution in [0.3, 0.4) is 0 Å². The molecule has 0 atom stereocenters. The second kappa shape index (κ2) is 11.6. The molecule has 0 saturated carbocycles. The van der Waals surface area contributed by atoms with E-state index in [0.29, 0.717) is 28.8 Å². The second-order valence-electron chi connectivity index (χ2n) is 5.82. The molecule has 2 aromatic carbocycles. The summed E-state index contributed by atoms with van der Waals surface area (Å²) in [6.07, 6.45) is 1.54. The Bertz CT molecular complexity index is 905. The van der Waals surface area contributed by atoms with E-state index in [1.165, 1.54) is 6.21 Å². The van der Waals surface area contributed by atoms with Crippen molar-refractivity contribution in [1.29, 1.82) is 0 Å². The maximum absolute atomic E-state index is 11.9. The van der Waals surface area contributed by atoms with Gasteiger partial charge in [-0.05, 0) is 65.4 Å². The van der Waals surface area contributed by atoms with Gasteiger partial charge in [0.2, 0.25) is 11.8 Å². The second-order valence-corrected chi connectivity index (χ2v) is 7.42. The Labute approximate surface area is 187 Å². The molecule has 0 unspecified atom stereocenters. The third-order valence-electron chi connectivity index (χ3n) is 3.63. The van der Waals surface area contributed by atoms with E-state index < -0.39 is 0 Å². The van der Waals surface area contributed by atoms with Crippen molar-refractivity contribution in [3.63, 3.8) is 0 Å². The van der Waals surface area contributed by atoms with E-state index in [-0.39, 0.29) is 24.7 Å². The minimum atomic E-state index is -0.366. The van der Waals surface area contributed by atoms with Gasteiger partial charge in [-0.3, -0.25) is 9.59 Å². The van der Waals surface area contributed by atoms with Gasteiger partial charge in [0.05, 0.1) is 23.5 Å². The molecular formula is C20H21ClIN3O4. The molecule has 0 bridgehead atoms. The van der Waals surface area contributed by atoms with Crippen molar-refractivity contribution < 1.29 is 19.1 Å². The van der Waals surface area contributed by atoms with Crippen LogP contribution in [0.2, 0.25) is 5.02 Å². The van der Waals surface area contributed by atoms with Crippen molar-refractivity contribution >= 4 is 57.9 Å².